The molecular weight excluding hydrogens is 278 g/mol. The lowest BCUT2D eigenvalue weighted by Crippen LogP contribution is -2.40. The Balaban J connectivity index is 1.88. The molecule has 116 valence electrons. The number of fused-ring (bicyclic) bond motifs is 1. The Hall–Kier alpha value is -2.30. The highest BCUT2D eigenvalue weighted by Gasteiger charge is 2.33. The molecule has 0 fully saturated rings. The van der Waals surface area contributed by atoms with Crippen LogP contribution in [0.2, 0.25) is 0 Å². The Morgan fingerprint density at radius 1 is 1.32 bits per heavy atom. The molecule has 2 heterocycles. The quantitative estimate of drug-likeness (QED) is 0.873. The summed E-state index contributed by atoms with van der Waals surface area (Å²) in [7, 11) is 0. The zero-order chi connectivity index (χ0) is 15.7. The van der Waals surface area contributed by atoms with E-state index in [1.165, 1.54) is 5.56 Å². The lowest BCUT2D eigenvalue weighted by molar-refractivity contribution is 0.0577. The van der Waals surface area contributed by atoms with Crippen molar-refractivity contribution in [3.05, 3.63) is 47.8 Å². The number of benzene rings is 1. The Bertz CT molecular complexity index is 658. The molecule has 5 heteroatoms. The van der Waals surface area contributed by atoms with Gasteiger partial charge in [-0.05, 0) is 32.8 Å². The molecule has 2 aromatic rings. The minimum absolute atomic E-state index is 0.234. The molecule has 1 atom stereocenters. The molecule has 1 amide bonds. The van der Waals surface area contributed by atoms with Gasteiger partial charge in [-0.1, -0.05) is 30.3 Å². The van der Waals surface area contributed by atoms with Gasteiger partial charge >= 0.3 is 6.09 Å². The summed E-state index contributed by atoms with van der Waals surface area (Å²) in [5.74, 6) is 0.234. The van der Waals surface area contributed by atoms with Crippen molar-refractivity contribution in [2.45, 2.75) is 38.7 Å². The van der Waals surface area contributed by atoms with Crippen LogP contribution in [0.4, 0.5) is 10.5 Å². The van der Waals surface area contributed by atoms with Crippen molar-refractivity contribution >= 4 is 11.8 Å². The predicted octanol–water partition coefficient (Wildman–Crippen LogP) is 3.69. The first-order valence-corrected chi connectivity index (χ1v) is 7.54. The number of nitrogens with one attached hydrogen (secondary N) is 1. The summed E-state index contributed by atoms with van der Waals surface area (Å²) in [5.41, 5.74) is 2.52. The molecule has 3 rings (SSSR count). The smallest absolute Gasteiger partial charge is 0.414 e. The van der Waals surface area contributed by atoms with E-state index >= 15 is 0 Å². The first-order valence-electron chi connectivity index (χ1n) is 7.54. The fourth-order valence-corrected chi connectivity index (χ4v) is 2.81. The number of aromatic amines is 1. The van der Waals surface area contributed by atoms with Crippen LogP contribution in [0.25, 0.3) is 0 Å². The molecule has 1 unspecified atom stereocenters. The highest BCUT2D eigenvalue weighted by atomic mass is 16.6. The zero-order valence-corrected chi connectivity index (χ0v) is 13.2. The molecule has 1 N–H and O–H groups in total. The zero-order valence-electron chi connectivity index (χ0n) is 13.2. The number of rotatable bonds is 1. The van der Waals surface area contributed by atoms with Crippen molar-refractivity contribution in [1.29, 1.82) is 0 Å². The average molecular weight is 299 g/mol. The van der Waals surface area contributed by atoms with Gasteiger partial charge in [-0.3, -0.25) is 10.00 Å². The minimum atomic E-state index is -0.503. The summed E-state index contributed by atoms with van der Waals surface area (Å²) in [6.07, 6.45) is 2.23. The second-order valence-electron chi connectivity index (χ2n) is 6.55. The van der Waals surface area contributed by atoms with E-state index in [9.17, 15) is 4.79 Å². The third-order valence-corrected chi connectivity index (χ3v) is 3.74. The molecule has 0 radical (unpaired) electrons. The minimum Gasteiger partial charge on any atom is -0.443 e. The van der Waals surface area contributed by atoms with Gasteiger partial charge in [-0.15, -0.1) is 0 Å². The van der Waals surface area contributed by atoms with Gasteiger partial charge in [0.15, 0.2) is 0 Å². The molecule has 0 aliphatic carbocycles. The lowest BCUT2D eigenvalue weighted by atomic mass is 9.89. The number of anilines is 1. The number of hydrogen-bond donors (Lipinski definition) is 1. The number of carbonyl (C=O) groups excluding carboxylic acids is 1. The SMILES string of the molecule is CC(C)(C)OC(=O)N1CCC(c2ccccc2)c2[nH]ncc21. The number of H-pyrrole nitrogens is 1. The summed E-state index contributed by atoms with van der Waals surface area (Å²) < 4.78 is 5.49. The van der Waals surface area contributed by atoms with Gasteiger partial charge in [0.25, 0.3) is 0 Å². The first-order chi connectivity index (χ1) is 10.5. The van der Waals surface area contributed by atoms with Gasteiger partial charge in [-0.2, -0.15) is 5.10 Å². The maximum Gasteiger partial charge on any atom is 0.414 e. The van der Waals surface area contributed by atoms with E-state index in [-0.39, 0.29) is 12.0 Å². The molecule has 1 aromatic carbocycles. The highest BCUT2D eigenvalue weighted by Crippen LogP contribution is 2.38. The Kier molecular flexibility index (Phi) is 3.64. The number of amides is 1. The standard InChI is InChI=1S/C17H21N3O2/c1-17(2,3)22-16(21)20-10-9-13(12-7-5-4-6-8-12)15-14(20)11-18-19-15/h4-8,11,13H,9-10H2,1-3H3,(H,18,19). The number of nitrogens with zero attached hydrogens (tertiary/aromatic N) is 2. The number of aromatic nitrogens is 2. The summed E-state index contributed by atoms with van der Waals surface area (Å²) >= 11 is 0. The van der Waals surface area contributed by atoms with Gasteiger partial charge in [0.05, 0.1) is 17.6 Å². The van der Waals surface area contributed by atoms with Crippen molar-refractivity contribution < 1.29 is 9.53 Å². The lowest BCUT2D eigenvalue weighted by Gasteiger charge is -2.33. The molecule has 5 nitrogen and oxygen atoms in total. The molecular formula is C17H21N3O2. The molecule has 22 heavy (non-hydrogen) atoms. The Morgan fingerprint density at radius 2 is 2.05 bits per heavy atom. The summed E-state index contributed by atoms with van der Waals surface area (Å²) in [5, 5.41) is 7.19. The third kappa shape index (κ3) is 2.84. The van der Waals surface area contributed by atoms with Gasteiger partial charge in [0, 0.05) is 12.5 Å². The van der Waals surface area contributed by atoms with Crippen LogP contribution in [0, 0.1) is 0 Å². The maximum absolute atomic E-state index is 12.4. The van der Waals surface area contributed by atoms with Crippen molar-refractivity contribution in [3.8, 4) is 0 Å². The highest BCUT2D eigenvalue weighted by molar-refractivity contribution is 5.89. The summed E-state index contributed by atoms with van der Waals surface area (Å²) in [6, 6.07) is 10.3. The van der Waals surface area contributed by atoms with Crippen LogP contribution in [-0.4, -0.2) is 28.4 Å². The number of carbonyl (C=O) groups is 1. The number of ether oxygens (including phenoxy) is 1. The molecule has 0 saturated heterocycles. The van der Waals surface area contributed by atoms with E-state index in [4.69, 9.17) is 4.74 Å². The summed E-state index contributed by atoms with van der Waals surface area (Å²) in [4.78, 5) is 14.0. The van der Waals surface area contributed by atoms with Crippen molar-refractivity contribution in [3.63, 3.8) is 0 Å². The van der Waals surface area contributed by atoms with Crippen molar-refractivity contribution in [2.24, 2.45) is 0 Å². The molecule has 0 spiro atoms. The van der Waals surface area contributed by atoms with Crippen LogP contribution in [0.1, 0.15) is 44.4 Å². The van der Waals surface area contributed by atoms with Crippen molar-refractivity contribution in [1.82, 2.24) is 10.2 Å². The largest absolute Gasteiger partial charge is 0.443 e. The van der Waals surface area contributed by atoms with E-state index in [1.54, 1.807) is 11.1 Å². The fourth-order valence-electron chi connectivity index (χ4n) is 2.81. The van der Waals surface area contributed by atoms with Crippen LogP contribution in [-0.2, 0) is 4.74 Å². The van der Waals surface area contributed by atoms with Gasteiger partial charge < -0.3 is 4.74 Å². The second-order valence-corrected chi connectivity index (χ2v) is 6.55. The maximum atomic E-state index is 12.4. The monoisotopic (exact) mass is 299 g/mol. The van der Waals surface area contributed by atoms with E-state index in [1.807, 2.05) is 39.0 Å². The molecule has 1 aliphatic rings. The molecule has 1 aliphatic heterocycles. The summed E-state index contributed by atoms with van der Waals surface area (Å²) in [6.45, 7) is 6.24. The Labute approximate surface area is 130 Å². The van der Waals surface area contributed by atoms with Crippen LogP contribution >= 0.6 is 0 Å². The Morgan fingerprint density at radius 3 is 2.73 bits per heavy atom. The van der Waals surface area contributed by atoms with Gasteiger partial charge in [0.1, 0.15) is 5.60 Å². The molecule has 0 bridgehead atoms. The van der Waals surface area contributed by atoms with E-state index in [2.05, 4.69) is 22.3 Å². The van der Waals surface area contributed by atoms with E-state index in [0.29, 0.717) is 6.54 Å². The van der Waals surface area contributed by atoms with E-state index < -0.39 is 5.60 Å². The van der Waals surface area contributed by atoms with Crippen LogP contribution in [0.3, 0.4) is 0 Å². The molecule has 0 saturated carbocycles. The fraction of sp³-hybridized carbons (Fsp3) is 0.412. The topological polar surface area (TPSA) is 58.2 Å². The predicted molar refractivity (Wildman–Crippen MR) is 85.1 cm³/mol. The van der Waals surface area contributed by atoms with Gasteiger partial charge in [-0.25, -0.2) is 4.79 Å². The van der Waals surface area contributed by atoms with Crippen LogP contribution in [0.15, 0.2) is 36.5 Å². The van der Waals surface area contributed by atoms with E-state index in [0.717, 1.165) is 17.8 Å². The van der Waals surface area contributed by atoms with Crippen LogP contribution in [0.5, 0.6) is 0 Å². The van der Waals surface area contributed by atoms with Crippen molar-refractivity contribution in [2.75, 3.05) is 11.4 Å². The first kappa shape index (κ1) is 14.6. The molecule has 1 aromatic heterocycles. The second kappa shape index (κ2) is 5.48. The normalized spacial score (nSPS) is 18.0. The number of hydrogen-bond acceptors (Lipinski definition) is 3. The van der Waals surface area contributed by atoms with Gasteiger partial charge in [0.2, 0.25) is 0 Å². The third-order valence-electron chi connectivity index (χ3n) is 3.74. The van der Waals surface area contributed by atoms with Crippen LogP contribution < -0.4 is 4.90 Å². The average Bonchev–Trinajstić information content (AvgIpc) is 2.94.